The van der Waals surface area contributed by atoms with Gasteiger partial charge in [0.15, 0.2) is 0 Å². The molecule has 0 aliphatic rings. The zero-order chi connectivity index (χ0) is 31.8. The van der Waals surface area contributed by atoms with Crippen LogP contribution in [0, 0.1) is 20.8 Å². The Morgan fingerprint density at radius 3 is 1.68 bits per heavy atom. The van der Waals surface area contributed by atoms with Crippen molar-refractivity contribution in [3.8, 4) is 0 Å². The van der Waals surface area contributed by atoms with E-state index < -0.39 is 10.0 Å². The van der Waals surface area contributed by atoms with Gasteiger partial charge in [-0.25, -0.2) is 8.42 Å². The van der Waals surface area contributed by atoms with Crippen molar-refractivity contribution in [2.75, 3.05) is 49.3 Å². The minimum absolute atomic E-state index is 0. The van der Waals surface area contributed by atoms with Crippen molar-refractivity contribution in [1.29, 1.82) is 0 Å². The third kappa shape index (κ3) is 12.8. The van der Waals surface area contributed by atoms with Crippen LogP contribution in [0.1, 0.15) is 42.0 Å². The quantitative estimate of drug-likeness (QED) is 0.114. The largest absolute Gasteiger partial charge is 2.00 e. The van der Waals surface area contributed by atoms with Crippen molar-refractivity contribution >= 4 is 33.3 Å². The van der Waals surface area contributed by atoms with Crippen LogP contribution in [0.2, 0.25) is 0 Å². The van der Waals surface area contributed by atoms with Gasteiger partial charge in [0.25, 0.3) is 10.0 Å². The van der Waals surface area contributed by atoms with Crippen LogP contribution in [-0.4, -0.2) is 49.4 Å². The van der Waals surface area contributed by atoms with Gasteiger partial charge in [0.2, 0.25) is 0 Å². The molecule has 0 saturated carbocycles. The van der Waals surface area contributed by atoms with E-state index in [-0.39, 0.29) is 22.3 Å². The number of aryl methyl sites for hydroxylation is 1. The summed E-state index contributed by atoms with van der Waals surface area (Å²) in [7, 11) is 4.47. The Hall–Kier alpha value is -3.83. The number of hydrogen-bond acceptors (Lipinski definition) is 5. The van der Waals surface area contributed by atoms with Crippen LogP contribution in [0.4, 0.5) is 17.1 Å². The third-order valence-electron chi connectivity index (χ3n) is 6.35. The van der Waals surface area contributed by atoms with Gasteiger partial charge >= 0.3 is 17.4 Å². The Bertz CT molecular complexity index is 1490. The first-order chi connectivity index (χ1) is 20.5. The number of anilines is 3. The van der Waals surface area contributed by atoms with Crippen LogP contribution in [0.25, 0.3) is 0 Å². The Kier molecular flexibility index (Phi) is 16.9. The minimum atomic E-state index is -3.60. The fourth-order valence-corrected chi connectivity index (χ4v) is 5.02. The molecule has 0 amide bonds. The fraction of sp³-hybridized carbons (Fsp3) is 0.250. The first-order valence-corrected chi connectivity index (χ1v) is 15.8. The predicted molar refractivity (Wildman–Crippen MR) is 186 cm³/mol. The molecule has 0 aliphatic heterocycles. The van der Waals surface area contributed by atoms with Gasteiger partial charge in [0, 0.05) is 18.3 Å². The summed E-state index contributed by atoms with van der Waals surface area (Å²) >= 11 is 0. The second kappa shape index (κ2) is 19.5. The molecule has 0 aliphatic carbocycles. The van der Waals surface area contributed by atoms with Gasteiger partial charge in [-0.2, -0.15) is 37.1 Å². The molecule has 8 heteroatoms. The molecule has 4 rings (SSSR count). The van der Waals surface area contributed by atoms with E-state index in [1.165, 1.54) is 11.4 Å². The Morgan fingerprint density at radius 1 is 0.750 bits per heavy atom. The molecule has 0 saturated heterocycles. The number of rotatable bonds is 9. The molecular formula is C36H46CrN4O2S. The maximum absolute atomic E-state index is 12.5. The van der Waals surface area contributed by atoms with E-state index in [1.54, 1.807) is 42.6 Å². The smallest absolute Gasteiger partial charge is 0.428 e. The molecule has 0 unspecified atom stereocenters. The van der Waals surface area contributed by atoms with E-state index in [9.17, 15) is 8.42 Å². The van der Waals surface area contributed by atoms with Gasteiger partial charge in [-0.05, 0) is 59.7 Å². The Balaban J connectivity index is 0.000000381. The van der Waals surface area contributed by atoms with E-state index in [0.717, 1.165) is 41.6 Å². The van der Waals surface area contributed by atoms with Crippen LogP contribution < -0.4 is 14.5 Å². The molecule has 0 spiro atoms. The van der Waals surface area contributed by atoms with Crippen LogP contribution >= 0.6 is 0 Å². The maximum atomic E-state index is 12.5. The predicted octanol–water partition coefficient (Wildman–Crippen LogP) is 7.88. The van der Waals surface area contributed by atoms with Gasteiger partial charge in [-0.15, -0.1) is 12.1 Å². The van der Waals surface area contributed by atoms with Gasteiger partial charge in [-0.1, -0.05) is 84.9 Å². The van der Waals surface area contributed by atoms with E-state index in [4.69, 9.17) is 0 Å². The zero-order valence-corrected chi connectivity index (χ0v) is 28.9. The second-order valence-corrected chi connectivity index (χ2v) is 12.1. The molecule has 6 nitrogen and oxygen atoms in total. The monoisotopic (exact) mass is 650 g/mol. The van der Waals surface area contributed by atoms with Crippen molar-refractivity contribution in [1.82, 2.24) is 0 Å². The molecule has 0 fully saturated rings. The topological polar surface area (TPSA) is 65.0 Å². The van der Waals surface area contributed by atoms with Crippen molar-refractivity contribution < 1.29 is 25.8 Å². The van der Waals surface area contributed by atoms with Crippen LogP contribution in [0.3, 0.4) is 0 Å². The normalized spacial score (nSPS) is 10.4. The summed E-state index contributed by atoms with van der Waals surface area (Å²) in [4.78, 5) is 8.71. The average molecular weight is 651 g/mol. The molecule has 234 valence electrons. The Labute approximate surface area is 277 Å². The number of unbranched alkanes of at least 4 members (excludes halogenated alkanes) is 1. The molecule has 0 heterocycles. The molecule has 44 heavy (non-hydrogen) atoms. The second-order valence-electron chi connectivity index (χ2n) is 10.4. The van der Waals surface area contributed by atoms with Crippen molar-refractivity contribution in [2.24, 2.45) is 4.99 Å². The van der Waals surface area contributed by atoms with Crippen LogP contribution in [0.5, 0.6) is 0 Å². The molecule has 0 bridgehead atoms. The summed E-state index contributed by atoms with van der Waals surface area (Å²) in [5, 5.41) is 0. The van der Waals surface area contributed by atoms with Gasteiger partial charge in [0.05, 0.1) is 10.6 Å². The SMILES string of the molecule is CCCCN=Cc1ccccc1NS(=O)(=O)c1ccc(C)cc1.[CH2-]c1ccccc1N(C)C.[CH2-]c1ccccc1N(C)C.[Cr+2]. The van der Waals surface area contributed by atoms with Gasteiger partial charge < -0.3 is 9.80 Å². The summed E-state index contributed by atoms with van der Waals surface area (Å²) in [5.41, 5.74) is 6.84. The summed E-state index contributed by atoms with van der Waals surface area (Å²) in [6.45, 7) is 12.6. The molecule has 4 aromatic carbocycles. The number of aliphatic imine (C=N–C) groups is 1. The molecule has 0 atom stereocenters. The van der Waals surface area contributed by atoms with Crippen molar-refractivity contribution in [3.63, 3.8) is 0 Å². The van der Waals surface area contributed by atoms with Crippen molar-refractivity contribution in [3.05, 3.63) is 133 Å². The number of sulfonamides is 1. The fourth-order valence-electron chi connectivity index (χ4n) is 3.93. The van der Waals surface area contributed by atoms with E-state index in [0.29, 0.717) is 5.69 Å². The maximum Gasteiger partial charge on any atom is 2.00 e. The minimum Gasteiger partial charge on any atom is -0.428 e. The number of nitrogens with one attached hydrogen (secondary N) is 1. The molecule has 0 radical (unpaired) electrons. The number of para-hydroxylation sites is 3. The average Bonchev–Trinajstić information content (AvgIpc) is 2.97. The summed E-state index contributed by atoms with van der Waals surface area (Å²) in [5.74, 6) is 0. The van der Waals surface area contributed by atoms with Crippen LogP contribution in [0.15, 0.2) is 107 Å². The molecular weight excluding hydrogens is 604 g/mol. The molecule has 0 aromatic heterocycles. The molecule has 1 N–H and O–H groups in total. The third-order valence-corrected chi connectivity index (χ3v) is 7.74. The van der Waals surface area contributed by atoms with E-state index in [1.807, 2.05) is 83.6 Å². The first kappa shape index (κ1) is 38.2. The summed E-state index contributed by atoms with van der Waals surface area (Å²) in [6.07, 6.45) is 3.83. The standard InChI is InChI=1S/C18H22N2O2S.2C9H12N.Cr/c1-3-4-13-19-14-16-7-5-6-8-18(16)20-23(21,22)17-11-9-15(2)10-12-17;2*1-8-6-4-5-7-9(8)10(2)3;/h5-12,14,20H,3-4,13H2,1-2H3;2*4-7H,1H2,2-3H3;/q;2*-1;+2. The number of benzene rings is 4. The van der Waals surface area contributed by atoms with Gasteiger partial charge in [0.1, 0.15) is 0 Å². The van der Waals surface area contributed by atoms with Crippen LogP contribution in [-0.2, 0) is 27.4 Å². The Morgan fingerprint density at radius 2 is 1.23 bits per heavy atom. The number of hydrogen-bond donors (Lipinski definition) is 1. The summed E-state index contributed by atoms with van der Waals surface area (Å²) in [6, 6.07) is 30.2. The van der Waals surface area contributed by atoms with Crippen molar-refractivity contribution in [2.45, 2.75) is 31.6 Å². The number of nitrogens with zero attached hydrogens (tertiary/aromatic N) is 3. The first-order valence-electron chi connectivity index (χ1n) is 14.3. The van der Waals surface area contributed by atoms with E-state index >= 15 is 0 Å². The summed E-state index contributed by atoms with van der Waals surface area (Å²) < 4.78 is 27.6. The van der Waals surface area contributed by atoms with Gasteiger partial charge in [-0.3, -0.25) is 9.71 Å². The zero-order valence-electron chi connectivity index (χ0n) is 26.8. The van der Waals surface area contributed by atoms with E-state index in [2.05, 4.69) is 52.4 Å². The molecule has 4 aromatic rings.